The molecule has 0 spiro atoms. The van der Waals surface area contributed by atoms with Crippen molar-refractivity contribution >= 4 is 30.6 Å². The van der Waals surface area contributed by atoms with Crippen molar-refractivity contribution in [1.29, 1.82) is 0 Å². The van der Waals surface area contributed by atoms with E-state index in [0.717, 1.165) is 0 Å². The average molecular weight is 469 g/mol. The van der Waals surface area contributed by atoms with Crippen molar-refractivity contribution in [3.8, 4) is 0 Å². The molecule has 0 N–H and O–H groups in total. The second-order valence-corrected chi connectivity index (χ2v) is 14.3. The Morgan fingerprint density at radius 2 is 1.24 bits per heavy atom. The first-order valence-corrected chi connectivity index (χ1v) is 13.6. The standard InChI is InChI=1S/C27H36O5Si/c1-19-25(31-21(3)29)17-22(30-20(2)28)18-26(19)32-33(27(4,5)6,23-13-9-7-10-14-23)24-15-11-8-12-16-24/h7-16,19,22,25-26H,17-18H2,1-6H3/t19?,22-,25-,26?/m0/s1. The van der Waals surface area contributed by atoms with Crippen molar-refractivity contribution in [3.05, 3.63) is 60.7 Å². The zero-order valence-corrected chi connectivity index (χ0v) is 21.5. The van der Waals surface area contributed by atoms with Gasteiger partial charge in [0.15, 0.2) is 0 Å². The first-order chi connectivity index (χ1) is 15.5. The lowest BCUT2D eigenvalue weighted by atomic mass is 9.83. The van der Waals surface area contributed by atoms with E-state index in [1.807, 2.05) is 12.1 Å². The highest BCUT2D eigenvalue weighted by molar-refractivity contribution is 6.99. The van der Waals surface area contributed by atoms with Gasteiger partial charge >= 0.3 is 11.9 Å². The van der Waals surface area contributed by atoms with Crippen LogP contribution >= 0.6 is 0 Å². The van der Waals surface area contributed by atoms with Crippen molar-refractivity contribution in [2.45, 2.75) is 77.7 Å². The van der Waals surface area contributed by atoms with E-state index in [0.29, 0.717) is 12.8 Å². The number of hydrogen-bond donors (Lipinski definition) is 0. The van der Waals surface area contributed by atoms with E-state index in [9.17, 15) is 9.59 Å². The van der Waals surface area contributed by atoms with Crippen molar-refractivity contribution in [2.75, 3.05) is 0 Å². The topological polar surface area (TPSA) is 61.8 Å². The molecule has 4 atom stereocenters. The Kier molecular flexibility index (Phi) is 7.80. The monoisotopic (exact) mass is 468 g/mol. The van der Waals surface area contributed by atoms with Gasteiger partial charge in [-0.1, -0.05) is 88.4 Å². The summed E-state index contributed by atoms with van der Waals surface area (Å²) in [6.07, 6.45) is 0.0954. The van der Waals surface area contributed by atoms with Crippen molar-refractivity contribution in [2.24, 2.45) is 5.92 Å². The lowest BCUT2D eigenvalue weighted by Crippen LogP contribution is -2.69. The Hall–Kier alpha value is -2.44. The predicted molar refractivity (Wildman–Crippen MR) is 132 cm³/mol. The Balaban J connectivity index is 2.10. The van der Waals surface area contributed by atoms with E-state index in [-0.39, 0.29) is 41.2 Å². The number of hydrogen-bond acceptors (Lipinski definition) is 5. The minimum absolute atomic E-state index is 0.0395. The lowest BCUT2D eigenvalue weighted by Gasteiger charge is -2.49. The molecule has 1 saturated carbocycles. The third-order valence-electron chi connectivity index (χ3n) is 6.56. The molecule has 0 aromatic heterocycles. The third-order valence-corrected chi connectivity index (χ3v) is 11.6. The summed E-state index contributed by atoms with van der Waals surface area (Å²) >= 11 is 0. The van der Waals surface area contributed by atoms with Crippen LogP contribution in [0.15, 0.2) is 60.7 Å². The molecule has 2 unspecified atom stereocenters. The molecule has 1 fully saturated rings. The van der Waals surface area contributed by atoms with Crippen LogP contribution in [0.3, 0.4) is 0 Å². The van der Waals surface area contributed by atoms with E-state index >= 15 is 0 Å². The molecule has 2 aromatic carbocycles. The van der Waals surface area contributed by atoms with Gasteiger partial charge in [-0.05, 0) is 15.4 Å². The molecule has 0 radical (unpaired) electrons. The van der Waals surface area contributed by atoms with Gasteiger partial charge in [0.1, 0.15) is 12.2 Å². The van der Waals surface area contributed by atoms with Crippen LogP contribution in [0, 0.1) is 5.92 Å². The summed E-state index contributed by atoms with van der Waals surface area (Å²) in [7, 11) is -2.80. The van der Waals surface area contributed by atoms with Gasteiger partial charge in [-0.15, -0.1) is 0 Å². The maximum Gasteiger partial charge on any atom is 0.302 e. The van der Waals surface area contributed by atoms with Gasteiger partial charge in [-0.2, -0.15) is 0 Å². The maximum absolute atomic E-state index is 11.8. The molecule has 6 heteroatoms. The van der Waals surface area contributed by atoms with E-state index in [2.05, 4.69) is 76.2 Å². The molecule has 0 aliphatic heterocycles. The zero-order chi connectivity index (χ0) is 24.2. The van der Waals surface area contributed by atoms with Crippen LogP contribution in [-0.2, 0) is 23.5 Å². The zero-order valence-electron chi connectivity index (χ0n) is 20.5. The summed E-state index contributed by atoms with van der Waals surface area (Å²) in [6, 6.07) is 20.9. The molecule has 0 saturated heterocycles. The lowest BCUT2D eigenvalue weighted by molar-refractivity contribution is -0.165. The molecule has 0 bridgehead atoms. The third kappa shape index (κ3) is 5.56. The van der Waals surface area contributed by atoms with Crippen LogP contribution in [-0.4, -0.2) is 38.6 Å². The van der Waals surface area contributed by atoms with Gasteiger partial charge < -0.3 is 13.9 Å². The van der Waals surface area contributed by atoms with Gasteiger partial charge in [0.05, 0.1) is 6.10 Å². The van der Waals surface area contributed by atoms with E-state index in [1.54, 1.807) is 0 Å². The molecule has 1 aliphatic carbocycles. The van der Waals surface area contributed by atoms with Gasteiger partial charge in [0.25, 0.3) is 8.32 Å². The van der Waals surface area contributed by atoms with Crippen molar-refractivity contribution < 1.29 is 23.5 Å². The quantitative estimate of drug-likeness (QED) is 0.469. The first kappa shape index (κ1) is 25.2. The highest BCUT2D eigenvalue weighted by Gasteiger charge is 2.53. The van der Waals surface area contributed by atoms with E-state index < -0.39 is 8.32 Å². The van der Waals surface area contributed by atoms with Crippen LogP contribution in [0.4, 0.5) is 0 Å². The van der Waals surface area contributed by atoms with Gasteiger partial charge in [0, 0.05) is 32.6 Å². The fraction of sp³-hybridized carbons (Fsp3) is 0.481. The summed E-state index contributed by atoms with van der Waals surface area (Å²) < 4.78 is 18.6. The van der Waals surface area contributed by atoms with Crippen LogP contribution in [0.5, 0.6) is 0 Å². The van der Waals surface area contributed by atoms with E-state index in [1.165, 1.54) is 24.2 Å². The van der Waals surface area contributed by atoms with Crippen molar-refractivity contribution in [3.63, 3.8) is 0 Å². The minimum atomic E-state index is -2.80. The molecule has 178 valence electrons. The number of ether oxygens (including phenoxy) is 2. The van der Waals surface area contributed by atoms with Crippen LogP contribution in [0.1, 0.15) is 54.4 Å². The summed E-state index contributed by atoms with van der Waals surface area (Å²) in [4.78, 5) is 23.6. The van der Waals surface area contributed by atoms with Gasteiger partial charge in [-0.3, -0.25) is 9.59 Å². The smallest absolute Gasteiger partial charge is 0.302 e. The molecule has 1 aliphatic rings. The fourth-order valence-electron chi connectivity index (χ4n) is 5.06. The molecule has 3 rings (SSSR count). The number of rotatable bonds is 6. The average Bonchev–Trinajstić information content (AvgIpc) is 2.74. The normalized spacial score (nSPS) is 23.6. The molecular weight excluding hydrogens is 432 g/mol. The van der Waals surface area contributed by atoms with Crippen LogP contribution < -0.4 is 10.4 Å². The second kappa shape index (κ2) is 10.2. The van der Waals surface area contributed by atoms with Crippen LogP contribution in [0.25, 0.3) is 0 Å². The van der Waals surface area contributed by atoms with E-state index in [4.69, 9.17) is 13.9 Å². The molecule has 0 heterocycles. The maximum atomic E-state index is 11.8. The Bertz CT molecular complexity index is 898. The number of carbonyl (C=O) groups excluding carboxylic acids is 2. The summed E-state index contributed by atoms with van der Waals surface area (Å²) in [5.41, 5.74) is 0. The SMILES string of the molecule is CC(=O)O[C@@H]1CC(O[Si](c2ccccc2)(c2ccccc2)C(C)(C)C)C(C)[C@@H](OC(C)=O)C1. The predicted octanol–water partition coefficient (Wildman–Crippen LogP) is 4.22. The molecule has 0 amide bonds. The number of carbonyl (C=O) groups is 2. The summed E-state index contributed by atoms with van der Waals surface area (Å²) in [6.45, 7) is 11.6. The van der Waals surface area contributed by atoms with Crippen molar-refractivity contribution in [1.82, 2.24) is 0 Å². The fourth-order valence-corrected chi connectivity index (χ4v) is 9.84. The Morgan fingerprint density at radius 1 is 0.788 bits per heavy atom. The summed E-state index contributed by atoms with van der Waals surface area (Å²) in [5, 5.41) is 2.20. The van der Waals surface area contributed by atoms with Crippen LogP contribution in [0.2, 0.25) is 5.04 Å². The minimum Gasteiger partial charge on any atom is -0.462 e. The highest BCUT2D eigenvalue weighted by Crippen LogP contribution is 2.41. The Morgan fingerprint density at radius 3 is 1.67 bits per heavy atom. The van der Waals surface area contributed by atoms with Gasteiger partial charge in [-0.25, -0.2) is 0 Å². The highest BCUT2D eigenvalue weighted by atomic mass is 28.4. The summed E-state index contributed by atoms with van der Waals surface area (Å²) in [5.74, 6) is -0.706. The Labute approximate surface area is 198 Å². The molecular formula is C27H36O5Si. The first-order valence-electron chi connectivity index (χ1n) is 11.7. The largest absolute Gasteiger partial charge is 0.462 e. The van der Waals surface area contributed by atoms with Gasteiger partial charge in [0.2, 0.25) is 0 Å². The molecule has 5 nitrogen and oxygen atoms in total. The number of benzene rings is 2. The molecule has 33 heavy (non-hydrogen) atoms. The second-order valence-electron chi connectivity index (χ2n) is 10.0. The number of esters is 2. The molecule has 2 aromatic rings.